The molecule has 0 fully saturated rings. The van der Waals surface area contributed by atoms with Crippen molar-refractivity contribution >= 4 is 17.5 Å². The fourth-order valence-corrected chi connectivity index (χ4v) is 3.14. The van der Waals surface area contributed by atoms with Crippen LogP contribution in [-0.4, -0.2) is 30.3 Å². The molecule has 0 N–H and O–H groups in total. The van der Waals surface area contributed by atoms with Crippen LogP contribution in [0.15, 0.2) is 48.5 Å². The largest absolute Gasteiger partial charge is 0.493 e. The minimum Gasteiger partial charge on any atom is -0.493 e. The molecule has 5 heteroatoms. The Bertz CT molecular complexity index is 790. The number of amides is 1. The number of halogens is 1. The maximum absolute atomic E-state index is 13.0. The third-order valence-electron chi connectivity index (χ3n) is 4.62. The van der Waals surface area contributed by atoms with Crippen LogP contribution in [0.1, 0.15) is 38.8 Å². The van der Waals surface area contributed by atoms with Gasteiger partial charge >= 0.3 is 0 Å². The summed E-state index contributed by atoms with van der Waals surface area (Å²) in [7, 11) is 1.63. The molecule has 0 radical (unpaired) electrons. The highest BCUT2D eigenvalue weighted by atomic mass is 35.5. The van der Waals surface area contributed by atoms with Crippen molar-refractivity contribution in [2.45, 2.75) is 40.8 Å². The van der Waals surface area contributed by atoms with Gasteiger partial charge in [0.05, 0.1) is 12.5 Å². The molecule has 0 saturated carbocycles. The van der Waals surface area contributed by atoms with Gasteiger partial charge in [-0.15, -0.1) is 11.6 Å². The van der Waals surface area contributed by atoms with Crippen molar-refractivity contribution in [3.05, 3.63) is 59.7 Å². The Morgan fingerprint density at radius 2 is 1.76 bits per heavy atom. The molecular formula is C24H32ClNO3. The molecule has 29 heavy (non-hydrogen) atoms. The number of alkyl halides is 1. The Morgan fingerprint density at radius 1 is 1.07 bits per heavy atom. The van der Waals surface area contributed by atoms with E-state index in [0.717, 1.165) is 11.1 Å². The van der Waals surface area contributed by atoms with E-state index in [4.69, 9.17) is 21.1 Å². The second-order valence-corrected chi connectivity index (χ2v) is 8.62. The normalized spacial score (nSPS) is 11.4. The number of carbonyl (C=O) groups is 1. The molecule has 4 nitrogen and oxygen atoms in total. The van der Waals surface area contributed by atoms with Crippen LogP contribution < -0.4 is 9.47 Å². The van der Waals surface area contributed by atoms with Crippen molar-refractivity contribution in [1.82, 2.24) is 4.90 Å². The van der Waals surface area contributed by atoms with Crippen LogP contribution in [0.2, 0.25) is 0 Å². The molecule has 158 valence electrons. The monoisotopic (exact) mass is 417 g/mol. The Balaban J connectivity index is 2.16. The molecule has 0 heterocycles. The molecule has 0 unspecified atom stereocenters. The Hall–Kier alpha value is -2.20. The summed E-state index contributed by atoms with van der Waals surface area (Å²) in [6.45, 7) is 9.64. The summed E-state index contributed by atoms with van der Waals surface area (Å²) in [4.78, 5) is 14.9. The fraction of sp³-hybridized carbons (Fsp3) is 0.458. The fourth-order valence-electron chi connectivity index (χ4n) is 3.03. The van der Waals surface area contributed by atoms with Crippen LogP contribution in [0.4, 0.5) is 0 Å². The van der Waals surface area contributed by atoms with Gasteiger partial charge in [-0.05, 0) is 43.0 Å². The summed E-state index contributed by atoms with van der Waals surface area (Å²) in [6.07, 6.45) is 0. The van der Waals surface area contributed by atoms with E-state index >= 15 is 0 Å². The zero-order chi connectivity index (χ0) is 21.4. The number of nitrogens with zero attached hydrogens (tertiary/aromatic N) is 1. The lowest BCUT2D eigenvalue weighted by Gasteiger charge is -2.32. The van der Waals surface area contributed by atoms with Gasteiger partial charge in [0, 0.05) is 19.0 Å². The molecule has 0 spiro atoms. The first-order chi connectivity index (χ1) is 13.8. The second-order valence-electron chi connectivity index (χ2n) is 8.36. The van der Waals surface area contributed by atoms with Crippen molar-refractivity contribution in [2.75, 3.05) is 19.5 Å². The van der Waals surface area contributed by atoms with E-state index in [2.05, 4.69) is 13.8 Å². The van der Waals surface area contributed by atoms with Crippen LogP contribution in [-0.2, 0) is 17.9 Å². The minimum absolute atomic E-state index is 0.0598. The first-order valence-electron chi connectivity index (χ1n) is 9.95. The maximum Gasteiger partial charge on any atom is 0.229 e. The summed E-state index contributed by atoms with van der Waals surface area (Å²) in [5, 5.41) is 0. The molecule has 0 aliphatic carbocycles. The summed E-state index contributed by atoms with van der Waals surface area (Å²) in [6, 6.07) is 15.8. The van der Waals surface area contributed by atoms with Gasteiger partial charge in [0.1, 0.15) is 6.61 Å². The van der Waals surface area contributed by atoms with E-state index in [1.165, 1.54) is 0 Å². The SMILES string of the molecule is COc1cc(CN(CC(C)C)C(=O)C(C)(C)CCl)ccc1OCc1ccccc1. The average molecular weight is 418 g/mol. The predicted octanol–water partition coefficient (Wildman–Crippen LogP) is 5.52. The van der Waals surface area contributed by atoms with Gasteiger partial charge in [-0.2, -0.15) is 0 Å². The molecule has 0 aliphatic rings. The van der Waals surface area contributed by atoms with Gasteiger partial charge in [0.25, 0.3) is 0 Å². The first-order valence-corrected chi connectivity index (χ1v) is 10.5. The topological polar surface area (TPSA) is 38.8 Å². The standard InChI is InChI=1S/C24H32ClNO3/c1-18(2)14-26(23(27)24(3,4)17-25)15-20-11-12-21(22(13-20)28-5)29-16-19-9-7-6-8-10-19/h6-13,18H,14-17H2,1-5H3. The Labute approximate surface area is 179 Å². The zero-order valence-electron chi connectivity index (χ0n) is 18.1. The molecule has 2 aromatic carbocycles. The summed E-state index contributed by atoms with van der Waals surface area (Å²) < 4.78 is 11.5. The van der Waals surface area contributed by atoms with Crippen LogP contribution in [0, 0.1) is 11.3 Å². The molecule has 1 amide bonds. The second kappa shape index (κ2) is 10.5. The number of benzene rings is 2. The molecule has 0 bridgehead atoms. The quantitative estimate of drug-likeness (QED) is 0.477. The van der Waals surface area contributed by atoms with Crippen molar-refractivity contribution in [3.63, 3.8) is 0 Å². The number of carbonyl (C=O) groups excluding carboxylic acids is 1. The van der Waals surface area contributed by atoms with E-state index in [-0.39, 0.29) is 11.8 Å². The van der Waals surface area contributed by atoms with Crippen LogP contribution in [0.25, 0.3) is 0 Å². The van der Waals surface area contributed by atoms with Gasteiger partial charge in [0.15, 0.2) is 11.5 Å². The summed E-state index contributed by atoms with van der Waals surface area (Å²) >= 11 is 6.04. The number of hydrogen-bond donors (Lipinski definition) is 0. The predicted molar refractivity (Wildman–Crippen MR) is 119 cm³/mol. The first kappa shape index (κ1) is 23.1. The summed E-state index contributed by atoms with van der Waals surface area (Å²) in [5.74, 6) is 2.05. The Kier molecular flexibility index (Phi) is 8.39. The third-order valence-corrected chi connectivity index (χ3v) is 5.29. The number of hydrogen-bond acceptors (Lipinski definition) is 3. The van der Waals surface area contributed by atoms with Crippen LogP contribution in [0.5, 0.6) is 11.5 Å². The summed E-state index contributed by atoms with van der Waals surface area (Å²) in [5.41, 5.74) is 1.49. The van der Waals surface area contributed by atoms with Gasteiger partial charge in [-0.25, -0.2) is 0 Å². The highest BCUT2D eigenvalue weighted by molar-refractivity contribution is 6.19. The van der Waals surface area contributed by atoms with Gasteiger partial charge < -0.3 is 14.4 Å². The van der Waals surface area contributed by atoms with Crippen molar-refractivity contribution in [1.29, 1.82) is 0 Å². The van der Waals surface area contributed by atoms with Gasteiger partial charge in [-0.1, -0.05) is 50.2 Å². The average Bonchev–Trinajstić information content (AvgIpc) is 2.72. The van der Waals surface area contributed by atoms with Crippen LogP contribution >= 0.6 is 11.6 Å². The van der Waals surface area contributed by atoms with E-state index in [1.807, 2.05) is 67.3 Å². The molecule has 0 aliphatic heterocycles. The van der Waals surface area contributed by atoms with E-state index in [0.29, 0.717) is 37.1 Å². The van der Waals surface area contributed by atoms with Gasteiger partial charge in [-0.3, -0.25) is 4.79 Å². The molecule has 0 saturated heterocycles. The molecule has 0 atom stereocenters. The van der Waals surface area contributed by atoms with Gasteiger partial charge in [0.2, 0.25) is 5.91 Å². The van der Waals surface area contributed by atoms with Crippen molar-refractivity contribution in [2.24, 2.45) is 11.3 Å². The lowest BCUT2D eigenvalue weighted by Crippen LogP contribution is -2.43. The van der Waals surface area contributed by atoms with Crippen molar-refractivity contribution < 1.29 is 14.3 Å². The lowest BCUT2D eigenvalue weighted by molar-refractivity contribution is -0.140. The zero-order valence-corrected chi connectivity index (χ0v) is 18.8. The van der Waals surface area contributed by atoms with Crippen molar-refractivity contribution in [3.8, 4) is 11.5 Å². The Morgan fingerprint density at radius 3 is 2.34 bits per heavy atom. The highest BCUT2D eigenvalue weighted by Crippen LogP contribution is 2.30. The number of ether oxygens (including phenoxy) is 2. The highest BCUT2D eigenvalue weighted by Gasteiger charge is 2.31. The lowest BCUT2D eigenvalue weighted by atomic mass is 9.93. The molecular weight excluding hydrogens is 386 g/mol. The van der Waals surface area contributed by atoms with Crippen LogP contribution in [0.3, 0.4) is 0 Å². The molecule has 2 rings (SSSR count). The number of methoxy groups -OCH3 is 1. The minimum atomic E-state index is -0.598. The third kappa shape index (κ3) is 6.67. The molecule has 0 aromatic heterocycles. The maximum atomic E-state index is 13.0. The smallest absolute Gasteiger partial charge is 0.229 e. The van der Waals surface area contributed by atoms with E-state index < -0.39 is 5.41 Å². The van der Waals surface area contributed by atoms with E-state index in [1.54, 1.807) is 7.11 Å². The van der Waals surface area contributed by atoms with E-state index in [9.17, 15) is 4.79 Å². The molecule has 2 aromatic rings. The number of rotatable bonds is 10.